The number of carbonyl (C=O) groups is 1. The molecule has 1 rings (SSSR count). The molecule has 1 aromatic rings. The summed E-state index contributed by atoms with van der Waals surface area (Å²) in [5, 5.41) is 10.1. The molecule has 1 aromatic carbocycles. The summed E-state index contributed by atoms with van der Waals surface area (Å²) in [6.07, 6.45) is 0. The molecule has 1 atom stereocenters. The van der Waals surface area contributed by atoms with Gasteiger partial charge in [0.05, 0.1) is 16.8 Å². The summed E-state index contributed by atoms with van der Waals surface area (Å²) in [7, 11) is 0. The van der Waals surface area contributed by atoms with E-state index in [0.717, 1.165) is 4.90 Å². The van der Waals surface area contributed by atoms with Crippen molar-refractivity contribution >= 4 is 23.4 Å². The first kappa shape index (κ1) is 14.5. The molecule has 7 heteroatoms. The minimum Gasteiger partial charge on any atom is -0.274 e. The zero-order valence-corrected chi connectivity index (χ0v) is 10.9. The van der Waals surface area contributed by atoms with Crippen molar-refractivity contribution in [3.05, 3.63) is 34.4 Å². The number of hydroxylamine groups is 1. The summed E-state index contributed by atoms with van der Waals surface area (Å²) in [6.45, 7) is 3.91. The highest BCUT2D eigenvalue weighted by Crippen LogP contribution is 2.25. The summed E-state index contributed by atoms with van der Waals surface area (Å²) >= 11 is 1.31. The van der Waals surface area contributed by atoms with E-state index in [-0.39, 0.29) is 16.8 Å². The lowest BCUT2D eigenvalue weighted by molar-refractivity contribution is -0.384. The molecule has 1 unspecified atom stereocenters. The van der Waals surface area contributed by atoms with Crippen molar-refractivity contribution < 1.29 is 14.6 Å². The van der Waals surface area contributed by atoms with Gasteiger partial charge in [0.25, 0.3) is 11.6 Å². The zero-order valence-electron chi connectivity index (χ0n) is 10.1. The molecule has 0 bridgehead atoms. The summed E-state index contributed by atoms with van der Waals surface area (Å²) < 4.78 is 0. The van der Waals surface area contributed by atoms with Crippen molar-refractivity contribution in [3.63, 3.8) is 0 Å². The second-order valence-electron chi connectivity index (χ2n) is 3.41. The first-order valence-corrected chi connectivity index (χ1v) is 6.25. The van der Waals surface area contributed by atoms with E-state index in [1.165, 1.54) is 23.9 Å². The summed E-state index contributed by atoms with van der Waals surface area (Å²) in [5.74, 6) is -0.236. The van der Waals surface area contributed by atoms with E-state index in [0.29, 0.717) is 6.61 Å². The topological polar surface area (TPSA) is 81.5 Å². The lowest BCUT2D eigenvalue weighted by Crippen LogP contribution is -2.30. The van der Waals surface area contributed by atoms with Gasteiger partial charge < -0.3 is 0 Å². The smallest absolute Gasteiger partial charge is 0.269 e. The van der Waals surface area contributed by atoms with Crippen LogP contribution in [0.4, 0.5) is 5.69 Å². The Morgan fingerprint density at radius 1 is 1.50 bits per heavy atom. The molecular formula is C11H14N2O4S. The van der Waals surface area contributed by atoms with Crippen molar-refractivity contribution in [2.75, 3.05) is 6.61 Å². The highest BCUT2D eigenvalue weighted by atomic mass is 32.2. The van der Waals surface area contributed by atoms with E-state index in [1.807, 2.05) is 0 Å². The van der Waals surface area contributed by atoms with Gasteiger partial charge in [-0.2, -0.15) is 0 Å². The first-order valence-electron chi connectivity index (χ1n) is 5.37. The molecule has 0 aliphatic rings. The van der Waals surface area contributed by atoms with Crippen LogP contribution in [0.1, 0.15) is 13.8 Å². The van der Waals surface area contributed by atoms with Crippen LogP contribution >= 0.6 is 11.8 Å². The molecule has 0 radical (unpaired) electrons. The largest absolute Gasteiger partial charge is 0.274 e. The van der Waals surface area contributed by atoms with Gasteiger partial charge in [0.15, 0.2) is 0 Å². The Balaban J connectivity index is 2.56. The third kappa shape index (κ3) is 4.34. The van der Waals surface area contributed by atoms with Crippen LogP contribution in [0, 0.1) is 10.1 Å². The van der Waals surface area contributed by atoms with Gasteiger partial charge in [0, 0.05) is 17.0 Å². The molecule has 0 saturated carbocycles. The molecule has 0 fully saturated rings. The monoisotopic (exact) mass is 270 g/mol. The van der Waals surface area contributed by atoms with Crippen LogP contribution in [-0.2, 0) is 9.63 Å². The van der Waals surface area contributed by atoms with Gasteiger partial charge in [0.2, 0.25) is 0 Å². The molecule has 0 spiro atoms. The number of rotatable bonds is 6. The number of nitro groups is 1. The quantitative estimate of drug-likeness (QED) is 0.486. The normalized spacial score (nSPS) is 11.9. The average molecular weight is 270 g/mol. The van der Waals surface area contributed by atoms with Crippen LogP contribution in [0.3, 0.4) is 0 Å². The maximum atomic E-state index is 11.5. The molecule has 0 aliphatic heterocycles. The van der Waals surface area contributed by atoms with Gasteiger partial charge in [-0.25, -0.2) is 5.48 Å². The second kappa shape index (κ2) is 6.97. The summed E-state index contributed by atoms with van der Waals surface area (Å²) in [4.78, 5) is 27.1. The highest BCUT2D eigenvalue weighted by molar-refractivity contribution is 8.00. The number of nitrogens with zero attached hydrogens (tertiary/aromatic N) is 1. The van der Waals surface area contributed by atoms with Crippen LogP contribution < -0.4 is 5.48 Å². The summed E-state index contributed by atoms with van der Waals surface area (Å²) in [5.41, 5.74) is 2.35. The van der Waals surface area contributed by atoms with Crippen LogP contribution in [0.15, 0.2) is 29.2 Å². The number of hydrogen-bond acceptors (Lipinski definition) is 5. The number of non-ortho nitro benzene ring substituents is 1. The standard InChI is InChI=1S/C11H14N2O4S/c1-3-17-12-11(14)8(2)18-10-6-4-9(5-7-10)13(15)16/h4-8H,3H2,1-2H3,(H,12,14). The number of nitro benzene ring substituents is 1. The van der Waals surface area contributed by atoms with E-state index in [4.69, 9.17) is 4.84 Å². The Morgan fingerprint density at radius 3 is 2.61 bits per heavy atom. The van der Waals surface area contributed by atoms with Crippen LogP contribution in [0.25, 0.3) is 0 Å². The lowest BCUT2D eigenvalue weighted by atomic mass is 10.3. The Hall–Kier alpha value is -1.60. The predicted octanol–water partition coefficient (Wildman–Crippen LogP) is 2.14. The second-order valence-corrected chi connectivity index (χ2v) is 4.82. The van der Waals surface area contributed by atoms with Crippen molar-refractivity contribution in [1.82, 2.24) is 5.48 Å². The van der Waals surface area contributed by atoms with Crippen molar-refractivity contribution in [1.29, 1.82) is 0 Å². The van der Waals surface area contributed by atoms with Crippen molar-refractivity contribution in [2.24, 2.45) is 0 Å². The number of nitrogens with one attached hydrogen (secondary N) is 1. The predicted molar refractivity (Wildman–Crippen MR) is 68.2 cm³/mol. The maximum absolute atomic E-state index is 11.5. The molecular weight excluding hydrogens is 256 g/mol. The highest BCUT2D eigenvalue weighted by Gasteiger charge is 2.14. The Morgan fingerprint density at radius 2 is 2.11 bits per heavy atom. The van der Waals surface area contributed by atoms with Gasteiger partial charge in [-0.15, -0.1) is 11.8 Å². The summed E-state index contributed by atoms with van der Waals surface area (Å²) in [6, 6.07) is 6.06. The van der Waals surface area contributed by atoms with E-state index in [9.17, 15) is 14.9 Å². The molecule has 0 aliphatic carbocycles. The molecule has 18 heavy (non-hydrogen) atoms. The first-order chi connectivity index (χ1) is 8.54. The number of hydrogen-bond donors (Lipinski definition) is 1. The lowest BCUT2D eigenvalue weighted by Gasteiger charge is -2.10. The third-order valence-electron chi connectivity index (χ3n) is 2.05. The molecule has 1 N–H and O–H groups in total. The van der Waals surface area contributed by atoms with Crippen LogP contribution in [-0.4, -0.2) is 22.7 Å². The fourth-order valence-corrected chi connectivity index (χ4v) is 1.99. The van der Waals surface area contributed by atoms with Crippen LogP contribution in [0.5, 0.6) is 0 Å². The maximum Gasteiger partial charge on any atom is 0.269 e. The number of thioether (sulfide) groups is 1. The molecule has 98 valence electrons. The fourth-order valence-electron chi connectivity index (χ4n) is 1.13. The van der Waals surface area contributed by atoms with Gasteiger partial charge in [-0.1, -0.05) is 0 Å². The van der Waals surface area contributed by atoms with Gasteiger partial charge in [-0.05, 0) is 26.0 Å². The van der Waals surface area contributed by atoms with Crippen molar-refractivity contribution in [2.45, 2.75) is 24.0 Å². The zero-order chi connectivity index (χ0) is 13.5. The molecule has 1 amide bonds. The number of amides is 1. The van der Waals surface area contributed by atoms with Gasteiger partial charge in [0.1, 0.15) is 0 Å². The SMILES string of the molecule is CCONC(=O)C(C)Sc1ccc([N+](=O)[O-])cc1. The molecule has 6 nitrogen and oxygen atoms in total. The van der Waals surface area contributed by atoms with Crippen molar-refractivity contribution in [3.8, 4) is 0 Å². The van der Waals surface area contributed by atoms with E-state index in [1.54, 1.807) is 26.0 Å². The van der Waals surface area contributed by atoms with E-state index < -0.39 is 4.92 Å². The Kier molecular flexibility index (Phi) is 5.60. The third-order valence-corrected chi connectivity index (χ3v) is 3.16. The fraction of sp³-hybridized carbons (Fsp3) is 0.364. The Bertz CT molecular complexity index is 422. The minimum atomic E-state index is -0.459. The molecule has 0 saturated heterocycles. The number of carbonyl (C=O) groups excluding carboxylic acids is 1. The van der Waals surface area contributed by atoms with E-state index >= 15 is 0 Å². The minimum absolute atomic E-state index is 0.0331. The number of benzene rings is 1. The van der Waals surface area contributed by atoms with Gasteiger partial charge >= 0.3 is 0 Å². The van der Waals surface area contributed by atoms with Gasteiger partial charge in [-0.3, -0.25) is 19.7 Å². The average Bonchev–Trinajstić information content (AvgIpc) is 2.36. The molecule has 0 aromatic heterocycles. The Labute approximate surface area is 109 Å². The molecule has 0 heterocycles. The van der Waals surface area contributed by atoms with Crippen LogP contribution in [0.2, 0.25) is 0 Å². The van der Waals surface area contributed by atoms with E-state index in [2.05, 4.69) is 5.48 Å².